The predicted octanol–water partition coefficient (Wildman–Crippen LogP) is 6.00. The Morgan fingerprint density at radius 3 is 2.88 bits per heavy atom. The summed E-state index contributed by atoms with van der Waals surface area (Å²) in [6.07, 6.45) is 9.10. The molecule has 1 saturated carbocycles. The molecule has 1 saturated heterocycles. The number of nitrogens with two attached hydrogens (primary N) is 1. The van der Waals surface area contributed by atoms with Crippen LogP contribution < -0.4 is 10.5 Å². The van der Waals surface area contributed by atoms with Crippen molar-refractivity contribution in [3.63, 3.8) is 0 Å². The number of hydrogen-bond donors (Lipinski definition) is 1. The quantitative estimate of drug-likeness (QED) is 0.457. The molecule has 2 aromatic heterocycles. The van der Waals surface area contributed by atoms with Crippen LogP contribution in [0.3, 0.4) is 0 Å². The number of aromatic nitrogens is 3. The Morgan fingerprint density at radius 2 is 2.09 bits per heavy atom. The standard InChI is InChI=1S/C23H23Cl2FN4O2/c1-13(20-17(24)2-3-18(26)21(20)25)32-19-8-14(10-28-22(19)27)15-11-29-30(12-15)16-4-7-31-23(9-16)5-6-23/h2-3,8,10-13,16H,4-7,9H2,1H3,(H2,27,28). The van der Waals surface area contributed by atoms with Crippen molar-refractivity contribution < 1.29 is 13.9 Å². The molecule has 5 rings (SSSR count). The zero-order chi connectivity index (χ0) is 22.5. The van der Waals surface area contributed by atoms with Gasteiger partial charge in [0.2, 0.25) is 0 Å². The molecule has 0 amide bonds. The third kappa shape index (κ3) is 4.05. The number of pyridine rings is 1. The summed E-state index contributed by atoms with van der Waals surface area (Å²) >= 11 is 12.4. The monoisotopic (exact) mass is 476 g/mol. The maximum atomic E-state index is 13.9. The Kier molecular flexibility index (Phi) is 5.51. The van der Waals surface area contributed by atoms with Gasteiger partial charge in [0, 0.05) is 40.7 Å². The van der Waals surface area contributed by atoms with Crippen LogP contribution in [0.4, 0.5) is 10.2 Å². The average molecular weight is 477 g/mol. The second-order valence-electron chi connectivity index (χ2n) is 8.51. The van der Waals surface area contributed by atoms with E-state index >= 15 is 0 Å². The minimum atomic E-state index is -0.634. The predicted molar refractivity (Wildman–Crippen MR) is 122 cm³/mol. The molecule has 168 valence electrons. The second-order valence-corrected chi connectivity index (χ2v) is 9.30. The lowest BCUT2D eigenvalue weighted by atomic mass is 10.0. The summed E-state index contributed by atoms with van der Waals surface area (Å²) in [6, 6.07) is 4.80. The number of benzene rings is 1. The Balaban J connectivity index is 1.38. The number of ether oxygens (including phenoxy) is 2. The minimum absolute atomic E-state index is 0.0705. The highest BCUT2D eigenvalue weighted by Gasteiger charge is 2.48. The smallest absolute Gasteiger partial charge is 0.166 e. The lowest BCUT2D eigenvalue weighted by Crippen LogP contribution is -2.29. The molecule has 1 aliphatic carbocycles. The van der Waals surface area contributed by atoms with Crippen molar-refractivity contribution in [3.05, 3.63) is 58.2 Å². The van der Waals surface area contributed by atoms with Gasteiger partial charge >= 0.3 is 0 Å². The Labute approximate surface area is 195 Å². The van der Waals surface area contributed by atoms with Crippen LogP contribution in [0.1, 0.15) is 50.3 Å². The van der Waals surface area contributed by atoms with Gasteiger partial charge in [0.1, 0.15) is 11.9 Å². The van der Waals surface area contributed by atoms with Gasteiger partial charge in [0.25, 0.3) is 0 Å². The summed E-state index contributed by atoms with van der Waals surface area (Å²) in [6.45, 7) is 2.50. The van der Waals surface area contributed by atoms with Crippen LogP contribution in [0.5, 0.6) is 5.75 Å². The van der Waals surface area contributed by atoms with Gasteiger partial charge in [-0.2, -0.15) is 5.10 Å². The van der Waals surface area contributed by atoms with Gasteiger partial charge < -0.3 is 15.2 Å². The van der Waals surface area contributed by atoms with E-state index in [4.69, 9.17) is 38.4 Å². The third-order valence-corrected chi connectivity index (χ3v) is 6.97. The summed E-state index contributed by atoms with van der Waals surface area (Å²) < 4.78 is 27.9. The van der Waals surface area contributed by atoms with Gasteiger partial charge in [-0.15, -0.1) is 0 Å². The molecule has 2 unspecified atom stereocenters. The largest absolute Gasteiger partial charge is 0.482 e. The molecule has 2 aliphatic rings. The van der Waals surface area contributed by atoms with E-state index in [1.54, 1.807) is 19.2 Å². The average Bonchev–Trinajstić information content (AvgIpc) is 3.32. The van der Waals surface area contributed by atoms with E-state index in [-0.39, 0.29) is 16.4 Å². The van der Waals surface area contributed by atoms with E-state index in [0.717, 1.165) is 43.4 Å². The van der Waals surface area contributed by atoms with Gasteiger partial charge in [0.15, 0.2) is 11.6 Å². The van der Waals surface area contributed by atoms with Crippen LogP contribution in [0.2, 0.25) is 10.0 Å². The molecule has 2 fully saturated rings. The summed E-state index contributed by atoms with van der Waals surface area (Å²) in [4.78, 5) is 4.28. The zero-order valence-corrected chi connectivity index (χ0v) is 19.0. The molecule has 0 bridgehead atoms. The van der Waals surface area contributed by atoms with Gasteiger partial charge in [-0.25, -0.2) is 9.37 Å². The molecule has 32 heavy (non-hydrogen) atoms. The number of halogens is 3. The molecule has 9 heteroatoms. The fourth-order valence-electron chi connectivity index (χ4n) is 4.27. The van der Waals surface area contributed by atoms with Gasteiger partial charge in [-0.05, 0) is 50.8 Å². The molecule has 2 N–H and O–H groups in total. The molecule has 1 aromatic carbocycles. The molecular weight excluding hydrogens is 454 g/mol. The van der Waals surface area contributed by atoms with Crippen LogP contribution in [-0.2, 0) is 4.74 Å². The van der Waals surface area contributed by atoms with Crippen molar-refractivity contribution in [2.75, 3.05) is 12.3 Å². The first-order valence-corrected chi connectivity index (χ1v) is 11.3. The van der Waals surface area contributed by atoms with Crippen LogP contribution >= 0.6 is 23.2 Å². The normalized spacial score (nSPS) is 20.3. The molecule has 1 aliphatic heterocycles. The summed E-state index contributed by atoms with van der Waals surface area (Å²) in [7, 11) is 0. The first-order chi connectivity index (χ1) is 15.3. The third-order valence-electron chi connectivity index (χ3n) is 6.26. The van der Waals surface area contributed by atoms with E-state index in [1.165, 1.54) is 12.1 Å². The molecule has 0 radical (unpaired) electrons. The van der Waals surface area contributed by atoms with E-state index in [0.29, 0.717) is 22.4 Å². The maximum Gasteiger partial charge on any atom is 0.166 e. The highest BCUT2D eigenvalue weighted by molar-refractivity contribution is 6.36. The molecule has 3 heterocycles. The molecule has 6 nitrogen and oxygen atoms in total. The van der Waals surface area contributed by atoms with E-state index in [1.807, 2.05) is 17.1 Å². The molecule has 2 atom stereocenters. The number of nitrogen functional groups attached to an aromatic ring is 1. The van der Waals surface area contributed by atoms with E-state index in [2.05, 4.69) is 10.1 Å². The van der Waals surface area contributed by atoms with Gasteiger partial charge in [0.05, 0.1) is 22.9 Å². The SMILES string of the molecule is CC(Oc1cc(-c2cnn(C3CCOC4(CC4)C3)c2)cnc1N)c1c(Cl)ccc(F)c1Cl. The van der Waals surface area contributed by atoms with Crippen molar-refractivity contribution in [1.82, 2.24) is 14.8 Å². The number of rotatable bonds is 5. The van der Waals surface area contributed by atoms with Crippen molar-refractivity contribution in [3.8, 4) is 16.9 Å². The van der Waals surface area contributed by atoms with E-state index in [9.17, 15) is 4.39 Å². The van der Waals surface area contributed by atoms with Gasteiger partial charge in [-0.1, -0.05) is 23.2 Å². The minimum Gasteiger partial charge on any atom is -0.482 e. The summed E-state index contributed by atoms with van der Waals surface area (Å²) in [5.41, 5.74) is 8.21. The van der Waals surface area contributed by atoms with Crippen LogP contribution in [0, 0.1) is 5.82 Å². The lowest BCUT2D eigenvalue weighted by molar-refractivity contribution is -0.0269. The van der Waals surface area contributed by atoms with E-state index < -0.39 is 11.9 Å². The number of anilines is 1. The molecule has 1 spiro atoms. The van der Waals surface area contributed by atoms with Crippen molar-refractivity contribution >= 4 is 29.0 Å². The lowest BCUT2D eigenvalue weighted by Gasteiger charge is -2.29. The first kappa shape index (κ1) is 21.5. The van der Waals surface area contributed by atoms with Gasteiger partial charge in [-0.3, -0.25) is 4.68 Å². The molecular formula is C23H23Cl2FN4O2. The van der Waals surface area contributed by atoms with Crippen molar-refractivity contribution in [2.24, 2.45) is 0 Å². The highest BCUT2D eigenvalue weighted by atomic mass is 35.5. The Bertz CT molecular complexity index is 1160. The molecule has 3 aromatic rings. The van der Waals surface area contributed by atoms with Crippen molar-refractivity contribution in [2.45, 2.75) is 50.4 Å². The highest BCUT2D eigenvalue weighted by Crippen LogP contribution is 2.49. The fraction of sp³-hybridized carbons (Fsp3) is 0.391. The zero-order valence-electron chi connectivity index (χ0n) is 17.5. The maximum absolute atomic E-state index is 13.9. The Hall–Kier alpha value is -2.35. The van der Waals surface area contributed by atoms with Crippen LogP contribution in [-0.4, -0.2) is 27.0 Å². The topological polar surface area (TPSA) is 75.2 Å². The Morgan fingerprint density at radius 1 is 1.28 bits per heavy atom. The van der Waals surface area contributed by atoms with Crippen LogP contribution in [0.25, 0.3) is 11.1 Å². The van der Waals surface area contributed by atoms with Crippen LogP contribution in [0.15, 0.2) is 36.8 Å². The fourth-order valence-corrected chi connectivity index (χ4v) is 4.95. The summed E-state index contributed by atoms with van der Waals surface area (Å²) in [5.74, 6) is 0.0220. The summed E-state index contributed by atoms with van der Waals surface area (Å²) in [5, 5.41) is 4.83. The number of nitrogens with zero attached hydrogens (tertiary/aromatic N) is 3. The van der Waals surface area contributed by atoms with Crippen molar-refractivity contribution in [1.29, 1.82) is 0 Å². The second kappa shape index (κ2) is 8.21. The first-order valence-electron chi connectivity index (χ1n) is 10.6. The number of hydrogen-bond acceptors (Lipinski definition) is 5.